The molecule has 0 aliphatic carbocycles. The van der Waals surface area contributed by atoms with Gasteiger partial charge in [-0.1, -0.05) is 46.9 Å². The molecule has 154 valence electrons. The van der Waals surface area contributed by atoms with E-state index in [2.05, 4.69) is 37.2 Å². The van der Waals surface area contributed by atoms with Gasteiger partial charge in [0.15, 0.2) is 5.11 Å². The molecule has 0 aliphatic heterocycles. The van der Waals surface area contributed by atoms with Gasteiger partial charge in [0.05, 0.1) is 5.56 Å². The molecule has 0 spiro atoms. The monoisotopic (exact) mass is 536 g/mol. The van der Waals surface area contributed by atoms with Crippen molar-refractivity contribution < 1.29 is 9.59 Å². The molecule has 0 aromatic heterocycles. The Hall–Kier alpha value is -1.58. The third-order valence-corrected chi connectivity index (χ3v) is 5.03. The highest BCUT2D eigenvalue weighted by molar-refractivity contribution is 9.10. The fourth-order valence-electron chi connectivity index (χ4n) is 2.19. The number of halogens is 4. The fourth-order valence-corrected chi connectivity index (χ4v) is 3.22. The zero-order valence-corrected chi connectivity index (χ0v) is 19.6. The van der Waals surface area contributed by atoms with E-state index in [0.717, 1.165) is 0 Å². The van der Waals surface area contributed by atoms with Crippen LogP contribution in [0.3, 0.4) is 0 Å². The van der Waals surface area contributed by atoms with Crippen LogP contribution >= 0.6 is 63.0 Å². The van der Waals surface area contributed by atoms with E-state index >= 15 is 0 Å². The van der Waals surface area contributed by atoms with Gasteiger partial charge < -0.3 is 21.3 Å². The summed E-state index contributed by atoms with van der Waals surface area (Å²) in [5, 5.41) is 11.1. The van der Waals surface area contributed by atoms with Gasteiger partial charge in [0.1, 0.15) is 6.17 Å². The molecule has 11 heteroatoms. The minimum Gasteiger partial charge on any atom is -0.339 e. The Morgan fingerprint density at radius 2 is 1.52 bits per heavy atom. The largest absolute Gasteiger partial charge is 0.339 e. The van der Waals surface area contributed by atoms with Gasteiger partial charge in [-0.05, 0) is 64.5 Å². The van der Waals surface area contributed by atoms with Gasteiger partial charge >= 0.3 is 0 Å². The van der Waals surface area contributed by atoms with Crippen LogP contribution in [0.4, 0.5) is 11.4 Å². The van der Waals surface area contributed by atoms with Crippen molar-refractivity contribution in [3.8, 4) is 0 Å². The van der Waals surface area contributed by atoms with Crippen molar-refractivity contribution in [2.75, 3.05) is 10.6 Å². The Bertz CT molecular complexity index is 907. The quantitative estimate of drug-likeness (QED) is 0.249. The highest BCUT2D eigenvalue weighted by atomic mass is 79.9. The lowest BCUT2D eigenvalue weighted by Crippen LogP contribution is -2.56. The fraction of sp³-hybridized carbons (Fsp3) is 0.167. The van der Waals surface area contributed by atoms with Crippen LogP contribution in [0.5, 0.6) is 0 Å². The van der Waals surface area contributed by atoms with Gasteiger partial charge in [-0.2, -0.15) is 0 Å². The highest BCUT2D eigenvalue weighted by Crippen LogP contribution is 2.29. The molecule has 0 saturated heterocycles. The first kappa shape index (κ1) is 23.7. The van der Waals surface area contributed by atoms with Crippen molar-refractivity contribution in [2.24, 2.45) is 0 Å². The summed E-state index contributed by atoms with van der Waals surface area (Å²) in [6.07, 6.45) is -1.11. The second kappa shape index (κ2) is 10.4. The molecule has 1 atom stereocenters. The first-order valence-electron chi connectivity index (χ1n) is 8.13. The number of amides is 2. The molecule has 0 fully saturated rings. The standard InChI is InChI=1S/C18H16BrCl3N4O2S/c1-10(27)23-11-6-8-12(9-7-11)24-17(29)26-16(18(20,21)22)25-15(28)13-4-2-3-5-14(13)19/h2-9,16H,1H3,(H,23,27)(H,25,28)(H2,24,26,29). The molecule has 4 N–H and O–H groups in total. The zero-order valence-electron chi connectivity index (χ0n) is 14.9. The molecule has 29 heavy (non-hydrogen) atoms. The lowest BCUT2D eigenvalue weighted by atomic mass is 10.2. The maximum absolute atomic E-state index is 12.5. The summed E-state index contributed by atoms with van der Waals surface area (Å²) in [6.45, 7) is 1.42. The van der Waals surface area contributed by atoms with Crippen molar-refractivity contribution in [3.63, 3.8) is 0 Å². The van der Waals surface area contributed by atoms with E-state index in [4.69, 9.17) is 47.0 Å². The van der Waals surface area contributed by atoms with Gasteiger partial charge in [0.2, 0.25) is 9.70 Å². The van der Waals surface area contributed by atoms with Crippen LogP contribution < -0.4 is 21.3 Å². The average Bonchev–Trinajstić information content (AvgIpc) is 2.62. The molecule has 0 aliphatic rings. The molecule has 0 saturated carbocycles. The lowest BCUT2D eigenvalue weighted by Gasteiger charge is -2.28. The normalized spacial score (nSPS) is 11.9. The van der Waals surface area contributed by atoms with Crippen LogP contribution in [-0.4, -0.2) is 26.9 Å². The Kier molecular flexibility index (Phi) is 8.54. The third-order valence-electron chi connectivity index (χ3n) is 3.46. The second-order valence-electron chi connectivity index (χ2n) is 5.78. The number of anilines is 2. The maximum atomic E-state index is 12.5. The summed E-state index contributed by atoms with van der Waals surface area (Å²) >= 11 is 26.6. The number of alkyl halides is 3. The smallest absolute Gasteiger partial charge is 0.254 e. The molecule has 0 bridgehead atoms. The van der Waals surface area contributed by atoms with Crippen LogP contribution in [0, 0.1) is 0 Å². The van der Waals surface area contributed by atoms with E-state index < -0.39 is 15.9 Å². The molecule has 2 amide bonds. The molecule has 1 unspecified atom stereocenters. The Morgan fingerprint density at radius 3 is 2.03 bits per heavy atom. The molecular weight excluding hydrogens is 523 g/mol. The first-order chi connectivity index (χ1) is 13.6. The van der Waals surface area contributed by atoms with Crippen LogP contribution in [-0.2, 0) is 4.79 Å². The zero-order chi connectivity index (χ0) is 21.6. The number of benzene rings is 2. The van der Waals surface area contributed by atoms with E-state index in [1.54, 1.807) is 48.5 Å². The maximum Gasteiger partial charge on any atom is 0.254 e. The topological polar surface area (TPSA) is 82.3 Å². The molecule has 0 heterocycles. The van der Waals surface area contributed by atoms with Gasteiger partial charge in [-0.3, -0.25) is 9.59 Å². The summed E-state index contributed by atoms with van der Waals surface area (Å²) < 4.78 is -1.28. The predicted octanol–water partition coefficient (Wildman–Crippen LogP) is 4.82. The van der Waals surface area contributed by atoms with E-state index in [-0.39, 0.29) is 11.0 Å². The Labute approximate surface area is 196 Å². The van der Waals surface area contributed by atoms with Gasteiger partial charge in [0, 0.05) is 22.8 Å². The molecule has 6 nitrogen and oxygen atoms in total. The third kappa shape index (κ3) is 7.64. The van der Waals surface area contributed by atoms with Gasteiger partial charge in [-0.25, -0.2) is 0 Å². The minimum absolute atomic E-state index is 0.126. The Balaban J connectivity index is 2.04. The second-order valence-corrected chi connectivity index (χ2v) is 9.42. The van der Waals surface area contributed by atoms with Gasteiger partial charge in [0.25, 0.3) is 5.91 Å². The van der Waals surface area contributed by atoms with Gasteiger partial charge in [-0.15, -0.1) is 0 Å². The number of carbonyl (C=O) groups is 2. The summed E-state index contributed by atoms with van der Waals surface area (Å²) in [4.78, 5) is 23.6. The minimum atomic E-state index is -1.88. The molecule has 2 aromatic carbocycles. The van der Waals surface area contributed by atoms with E-state index in [1.165, 1.54) is 6.92 Å². The summed E-state index contributed by atoms with van der Waals surface area (Å²) in [7, 11) is 0. The van der Waals surface area contributed by atoms with Crippen molar-refractivity contribution in [1.29, 1.82) is 0 Å². The van der Waals surface area contributed by atoms with Crippen molar-refractivity contribution in [2.45, 2.75) is 16.9 Å². The molecule has 2 rings (SSSR count). The Morgan fingerprint density at radius 1 is 0.966 bits per heavy atom. The number of carbonyl (C=O) groups excluding carboxylic acids is 2. The van der Waals surface area contributed by atoms with E-state index in [9.17, 15) is 9.59 Å². The first-order valence-corrected chi connectivity index (χ1v) is 10.5. The molecule has 0 radical (unpaired) electrons. The summed E-state index contributed by atoms with van der Waals surface area (Å²) in [5.41, 5.74) is 1.65. The van der Waals surface area contributed by atoms with Crippen LogP contribution in [0.2, 0.25) is 0 Å². The SMILES string of the molecule is CC(=O)Nc1ccc(NC(=S)NC(NC(=O)c2ccccc2Br)C(Cl)(Cl)Cl)cc1. The van der Waals surface area contributed by atoms with Crippen molar-refractivity contribution >= 4 is 91.3 Å². The highest BCUT2D eigenvalue weighted by Gasteiger charge is 2.35. The summed E-state index contributed by atoms with van der Waals surface area (Å²) in [5.74, 6) is -0.627. The van der Waals surface area contributed by atoms with Crippen molar-refractivity contribution in [1.82, 2.24) is 10.6 Å². The lowest BCUT2D eigenvalue weighted by molar-refractivity contribution is -0.114. The molecular formula is C18H16BrCl3N4O2S. The average molecular weight is 539 g/mol. The van der Waals surface area contributed by atoms with E-state index in [1.807, 2.05) is 0 Å². The number of nitrogens with one attached hydrogen (secondary N) is 4. The molecule has 2 aromatic rings. The predicted molar refractivity (Wildman–Crippen MR) is 126 cm³/mol. The van der Waals surface area contributed by atoms with E-state index in [0.29, 0.717) is 21.4 Å². The van der Waals surface area contributed by atoms with Crippen LogP contribution in [0.25, 0.3) is 0 Å². The van der Waals surface area contributed by atoms with Crippen LogP contribution in [0.15, 0.2) is 53.0 Å². The number of hydrogen-bond donors (Lipinski definition) is 4. The number of rotatable bonds is 5. The summed E-state index contributed by atoms with van der Waals surface area (Å²) in [6, 6.07) is 13.7. The van der Waals surface area contributed by atoms with Crippen molar-refractivity contribution in [3.05, 3.63) is 58.6 Å². The number of hydrogen-bond acceptors (Lipinski definition) is 3. The van der Waals surface area contributed by atoms with Crippen LogP contribution in [0.1, 0.15) is 17.3 Å². The number of thiocarbonyl (C=S) groups is 1.